The van der Waals surface area contributed by atoms with Crippen LogP contribution in [-0.2, 0) is 11.3 Å². The Bertz CT molecular complexity index is 740. The molecule has 1 aliphatic rings. The van der Waals surface area contributed by atoms with Crippen LogP contribution >= 0.6 is 0 Å². The van der Waals surface area contributed by atoms with Crippen LogP contribution in [0.15, 0.2) is 24.4 Å². The first-order valence-corrected chi connectivity index (χ1v) is 8.04. The van der Waals surface area contributed by atoms with Crippen molar-refractivity contribution in [3.05, 3.63) is 35.7 Å². The Hall–Kier alpha value is -3.10. The largest absolute Gasteiger partial charge is 0.465 e. The third-order valence-corrected chi connectivity index (χ3v) is 4.01. The number of carbonyl (C=O) groups is 2. The van der Waals surface area contributed by atoms with Crippen molar-refractivity contribution < 1.29 is 14.3 Å². The highest BCUT2D eigenvalue weighted by molar-refractivity contribution is 5.97. The maximum Gasteiger partial charge on any atom is 0.337 e. The van der Waals surface area contributed by atoms with Gasteiger partial charge in [0.1, 0.15) is 5.69 Å². The zero-order chi connectivity index (χ0) is 17.6. The van der Waals surface area contributed by atoms with Crippen LogP contribution < -0.4 is 15.5 Å². The van der Waals surface area contributed by atoms with E-state index in [2.05, 4.69) is 30.9 Å². The smallest absolute Gasteiger partial charge is 0.337 e. The summed E-state index contributed by atoms with van der Waals surface area (Å²) in [4.78, 5) is 26.2. The van der Waals surface area contributed by atoms with Gasteiger partial charge in [0, 0.05) is 13.1 Å². The molecule has 1 aliphatic heterocycles. The number of methoxy groups -OCH3 is 1. The average Bonchev–Trinajstić information content (AvgIpc) is 3.33. The number of urea groups is 1. The van der Waals surface area contributed by atoms with Crippen LogP contribution in [0, 0.1) is 0 Å². The molecule has 3 rings (SSSR count). The van der Waals surface area contributed by atoms with E-state index in [1.54, 1.807) is 12.1 Å². The fourth-order valence-corrected chi connectivity index (χ4v) is 2.76. The number of carbonyl (C=O) groups excluding carboxylic acids is 2. The number of H-pyrrole nitrogens is 1. The van der Waals surface area contributed by atoms with Crippen LogP contribution in [-0.4, -0.2) is 47.6 Å². The summed E-state index contributed by atoms with van der Waals surface area (Å²) in [6.07, 6.45) is 3.75. The van der Waals surface area contributed by atoms with Gasteiger partial charge in [0.2, 0.25) is 0 Å². The zero-order valence-electron chi connectivity index (χ0n) is 13.9. The van der Waals surface area contributed by atoms with E-state index in [-0.39, 0.29) is 12.6 Å². The van der Waals surface area contributed by atoms with Crippen LogP contribution in [0.25, 0.3) is 0 Å². The molecule has 1 aromatic heterocycles. The number of nitrogens with one attached hydrogen (secondary N) is 3. The number of benzene rings is 1. The number of hydrogen-bond acceptors (Lipinski definition) is 6. The predicted molar refractivity (Wildman–Crippen MR) is 91.5 cm³/mol. The van der Waals surface area contributed by atoms with Gasteiger partial charge in [-0.25, -0.2) is 9.59 Å². The third kappa shape index (κ3) is 4.06. The molecule has 0 unspecified atom stereocenters. The fourth-order valence-electron chi connectivity index (χ4n) is 2.76. The van der Waals surface area contributed by atoms with Gasteiger partial charge in [-0.3, -0.25) is 0 Å². The predicted octanol–water partition coefficient (Wildman–Crippen LogP) is 1.51. The summed E-state index contributed by atoms with van der Waals surface area (Å²) in [7, 11) is 1.33. The summed E-state index contributed by atoms with van der Waals surface area (Å²) >= 11 is 0. The molecule has 3 N–H and O–H groups in total. The highest BCUT2D eigenvalue weighted by Gasteiger charge is 2.19. The summed E-state index contributed by atoms with van der Waals surface area (Å²) in [6.45, 7) is 2.09. The number of aromatic amines is 1. The lowest BCUT2D eigenvalue weighted by Crippen LogP contribution is -2.29. The van der Waals surface area contributed by atoms with Gasteiger partial charge in [-0.2, -0.15) is 15.4 Å². The lowest BCUT2D eigenvalue weighted by atomic mass is 10.1. The minimum atomic E-state index is -0.445. The topological polar surface area (TPSA) is 112 Å². The second-order valence-electron chi connectivity index (χ2n) is 5.69. The van der Waals surface area contributed by atoms with Gasteiger partial charge in [0.25, 0.3) is 0 Å². The van der Waals surface area contributed by atoms with Crippen molar-refractivity contribution in [1.29, 1.82) is 0 Å². The molecule has 2 heterocycles. The first-order chi connectivity index (χ1) is 12.2. The van der Waals surface area contributed by atoms with E-state index in [4.69, 9.17) is 4.74 Å². The van der Waals surface area contributed by atoms with Crippen molar-refractivity contribution >= 4 is 23.4 Å². The third-order valence-electron chi connectivity index (χ3n) is 4.01. The molecule has 0 bridgehead atoms. The van der Waals surface area contributed by atoms with Crippen LogP contribution in [0.3, 0.4) is 0 Å². The van der Waals surface area contributed by atoms with Crippen LogP contribution in [0.2, 0.25) is 0 Å². The Kier molecular flexibility index (Phi) is 5.12. The monoisotopic (exact) mass is 344 g/mol. The molecule has 0 aliphatic carbocycles. The van der Waals surface area contributed by atoms with E-state index in [0.29, 0.717) is 16.9 Å². The number of esters is 1. The van der Waals surface area contributed by atoms with Crippen LogP contribution in [0.1, 0.15) is 28.9 Å². The van der Waals surface area contributed by atoms with Gasteiger partial charge >= 0.3 is 12.0 Å². The van der Waals surface area contributed by atoms with E-state index in [1.807, 2.05) is 6.07 Å². The Labute approximate surface area is 144 Å². The van der Waals surface area contributed by atoms with Gasteiger partial charge in [-0.1, -0.05) is 0 Å². The number of aromatic nitrogens is 3. The van der Waals surface area contributed by atoms with E-state index in [0.717, 1.165) is 31.6 Å². The second-order valence-corrected chi connectivity index (χ2v) is 5.69. The van der Waals surface area contributed by atoms with Crippen LogP contribution in [0.4, 0.5) is 16.2 Å². The molecule has 0 spiro atoms. The van der Waals surface area contributed by atoms with Crippen molar-refractivity contribution in [2.45, 2.75) is 19.4 Å². The molecule has 0 saturated carbocycles. The molecule has 9 nitrogen and oxygen atoms in total. The quantitative estimate of drug-likeness (QED) is 0.709. The SMILES string of the molecule is COC(=O)c1ccc(N2CCCC2)c(NC(=O)NCc2cn[nH]n2)c1. The molecule has 132 valence electrons. The minimum absolute atomic E-state index is 0.248. The van der Waals surface area contributed by atoms with E-state index in [1.165, 1.54) is 13.3 Å². The highest BCUT2D eigenvalue weighted by atomic mass is 16.5. The first-order valence-electron chi connectivity index (χ1n) is 8.04. The normalized spacial score (nSPS) is 13.6. The summed E-state index contributed by atoms with van der Waals surface area (Å²) in [5.41, 5.74) is 2.47. The molecule has 1 saturated heterocycles. The highest BCUT2D eigenvalue weighted by Crippen LogP contribution is 2.30. The zero-order valence-corrected chi connectivity index (χ0v) is 13.9. The van der Waals surface area contributed by atoms with Crippen molar-refractivity contribution in [2.75, 3.05) is 30.4 Å². The number of ether oxygens (including phenoxy) is 1. The number of amides is 2. The maximum absolute atomic E-state index is 12.2. The molecular weight excluding hydrogens is 324 g/mol. The molecule has 1 aromatic carbocycles. The molecule has 0 radical (unpaired) electrons. The van der Waals surface area contributed by atoms with E-state index >= 15 is 0 Å². The van der Waals surface area contributed by atoms with Crippen molar-refractivity contribution in [1.82, 2.24) is 20.7 Å². The standard InChI is InChI=1S/C16H20N6O3/c1-25-15(23)11-4-5-14(22-6-2-3-7-22)13(8-11)19-16(24)17-9-12-10-18-21-20-12/h4-5,8,10H,2-3,6-7,9H2,1H3,(H2,17,19,24)(H,18,20,21). The molecule has 25 heavy (non-hydrogen) atoms. The maximum atomic E-state index is 12.2. The summed E-state index contributed by atoms with van der Waals surface area (Å²) in [6, 6.07) is 4.79. The first kappa shape index (κ1) is 16.7. The number of anilines is 2. The summed E-state index contributed by atoms with van der Waals surface area (Å²) in [5, 5.41) is 15.6. The summed E-state index contributed by atoms with van der Waals surface area (Å²) < 4.78 is 4.76. The Morgan fingerprint density at radius 2 is 2.12 bits per heavy atom. The molecule has 2 aromatic rings. The molecular formula is C16H20N6O3. The van der Waals surface area contributed by atoms with Crippen molar-refractivity contribution in [3.8, 4) is 0 Å². The number of nitrogens with zero attached hydrogens (tertiary/aromatic N) is 3. The molecule has 9 heteroatoms. The summed E-state index contributed by atoms with van der Waals surface area (Å²) in [5.74, 6) is -0.445. The van der Waals surface area contributed by atoms with Crippen LogP contribution in [0.5, 0.6) is 0 Å². The second kappa shape index (κ2) is 7.65. The molecule has 2 amide bonds. The van der Waals surface area contributed by atoms with E-state index < -0.39 is 5.97 Å². The number of hydrogen-bond donors (Lipinski definition) is 3. The number of rotatable bonds is 5. The Morgan fingerprint density at radius 1 is 1.32 bits per heavy atom. The van der Waals surface area contributed by atoms with Crippen molar-refractivity contribution in [2.24, 2.45) is 0 Å². The Morgan fingerprint density at radius 3 is 2.80 bits per heavy atom. The van der Waals surface area contributed by atoms with Gasteiger partial charge in [-0.15, -0.1) is 0 Å². The van der Waals surface area contributed by atoms with Gasteiger partial charge < -0.3 is 20.3 Å². The van der Waals surface area contributed by atoms with Gasteiger partial charge in [0.15, 0.2) is 0 Å². The fraction of sp³-hybridized carbons (Fsp3) is 0.375. The minimum Gasteiger partial charge on any atom is -0.465 e. The lowest BCUT2D eigenvalue weighted by molar-refractivity contribution is 0.0600. The molecule has 0 atom stereocenters. The van der Waals surface area contributed by atoms with Gasteiger partial charge in [-0.05, 0) is 31.0 Å². The van der Waals surface area contributed by atoms with Crippen molar-refractivity contribution in [3.63, 3.8) is 0 Å². The van der Waals surface area contributed by atoms with Gasteiger partial charge in [0.05, 0.1) is 36.8 Å². The lowest BCUT2D eigenvalue weighted by Gasteiger charge is -2.22. The van der Waals surface area contributed by atoms with E-state index in [9.17, 15) is 9.59 Å². The average molecular weight is 344 g/mol. The molecule has 1 fully saturated rings. The Balaban J connectivity index is 1.75.